The summed E-state index contributed by atoms with van der Waals surface area (Å²) < 4.78 is 16.6. The normalized spacial score (nSPS) is 14.2. The van der Waals surface area contributed by atoms with Gasteiger partial charge in [0.2, 0.25) is 0 Å². The van der Waals surface area contributed by atoms with E-state index in [0.717, 1.165) is 24.1 Å². The first kappa shape index (κ1) is 23.2. The highest BCUT2D eigenvalue weighted by molar-refractivity contribution is 5.92. The first-order valence-electron chi connectivity index (χ1n) is 11.8. The molecule has 0 saturated carbocycles. The third kappa shape index (κ3) is 5.69. The summed E-state index contributed by atoms with van der Waals surface area (Å²) in [6, 6.07) is 13.3. The number of benzene rings is 2. The molecule has 33 heavy (non-hydrogen) atoms. The van der Waals surface area contributed by atoms with Gasteiger partial charge in [-0.2, -0.15) is 0 Å². The predicted octanol–water partition coefficient (Wildman–Crippen LogP) is 4.92. The van der Waals surface area contributed by atoms with Gasteiger partial charge in [-0.05, 0) is 75.0 Å². The van der Waals surface area contributed by atoms with E-state index >= 15 is 0 Å². The second kappa shape index (κ2) is 10.3. The predicted molar refractivity (Wildman–Crippen MR) is 129 cm³/mol. The van der Waals surface area contributed by atoms with Gasteiger partial charge in [0.05, 0.1) is 6.33 Å². The summed E-state index contributed by atoms with van der Waals surface area (Å²) in [5.74, 6) is -0.372. The van der Waals surface area contributed by atoms with E-state index < -0.39 is 0 Å². The highest BCUT2D eigenvalue weighted by atomic mass is 19.1. The zero-order chi connectivity index (χ0) is 23.4. The Hall–Kier alpha value is -2.99. The molecule has 2 aromatic carbocycles. The van der Waals surface area contributed by atoms with E-state index in [4.69, 9.17) is 0 Å². The molecule has 1 aliphatic heterocycles. The van der Waals surface area contributed by atoms with Crippen molar-refractivity contribution >= 4 is 5.91 Å². The van der Waals surface area contributed by atoms with Crippen molar-refractivity contribution < 1.29 is 9.18 Å². The van der Waals surface area contributed by atoms with Crippen molar-refractivity contribution in [2.45, 2.75) is 45.7 Å². The number of imidazole rings is 1. The molecule has 1 aliphatic rings. The van der Waals surface area contributed by atoms with Crippen LogP contribution in [-0.4, -0.2) is 50.9 Å². The molecule has 1 amide bonds. The Morgan fingerprint density at radius 3 is 2.61 bits per heavy atom. The van der Waals surface area contributed by atoms with E-state index in [1.54, 1.807) is 28.1 Å². The number of rotatable bonds is 8. The number of aromatic nitrogens is 2. The van der Waals surface area contributed by atoms with Crippen LogP contribution in [-0.2, 0) is 20.0 Å². The van der Waals surface area contributed by atoms with E-state index in [0.29, 0.717) is 17.8 Å². The van der Waals surface area contributed by atoms with Crippen molar-refractivity contribution in [1.82, 2.24) is 19.4 Å². The third-order valence-electron chi connectivity index (χ3n) is 6.35. The van der Waals surface area contributed by atoms with Crippen molar-refractivity contribution in [3.05, 3.63) is 77.6 Å². The topological polar surface area (TPSA) is 41.4 Å². The maximum atomic E-state index is 14.8. The number of amides is 1. The summed E-state index contributed by atoms with van der Waals surface area (Å²) >= 11 is 0. The Morgan fingerprint density at radius 1 is 1.12 bits per heavy atom. The average Bonchev–Trinajstić information content (AvgIpc) is 3.48. The molecule has 0 bridgehead atoms. The molecule has 1 fully saturated rings. The second-order valence-corrected chi connectivity index (χ2v) is 9.26. The first-order valence-corrected chi connectivity index (χ1v) is 11.8. The van der Waals surface area contributed by atoms with Crippen molar-refractivity contribution in [1.29, 1.82) is 0 Å². The fraction of sp³-hybridized carbons (Fsp3) is 0.407. The third-order valence-corrected chi connectivity index (χ3v) is 6.35. The Morgan fingerprint density at radius 2 is 1.91 bits per heavy atom. The largest absolute Gasteiger partial charge is 0.340 e. The van der Waals surface area contributed by atoms with Crippen LogP contribution in [0.1, 0.15) is 48.3 Å². The highest BCUT2D eigenvalue weighted by Gasteiger charge is 2.21. The van der Waals surface area contributed by atoms with E-state index in [9.17, 15) is 9.18 Å². The van der Waals surface area contributed by atoms with Crippen molar-refractivity contribution in [2.24, 2.45) is 7.05 Å². The van der Waals surface area contributed by atoms with Crippen LogP contribution in [0.3, 0.4) is 0 Å². The second-order valence-electron chi connectivity index (χ2n) is 9.26. The molecule has 0 radical (unpaired) electrons. The Bertz CT molecular complexity index is 1100. The highest BCUT2D eigenvalue weighted by Crippen LogP contribution is 2.26. The monoisotopic (exact) mass is 448 g/mol. The minimum atomic E-state index is -0.248. The average molecular weight is 449 g/mol. The smallest absolute Gasteiger partial charge is 0.274 e. The Balaban J connectivity index is 1.53. The number of carbonyl (C=O) groups is 1. The summed E-state index contributed by atoms with van der Waals surface area (Å²) in [7, 11) is 1.84. The van der Waals surface area contributed by atoms with Crippen LogP contribution >= 0.6 is 0 Å². The number of hydrogen-bond acceptors (Lipinski definition) is 3. The Kier molecular flexibility index (Phi) is 7.23. The summed E-state index contributed by atoms with van der Waals surface area (Å²) in [6.07, 6.45) is 6.89. The van der Waals surface area contributed by atoms with Crippen LogP contribution in [0.25, 0.3) is 11.1 Å². The standard InChI is InChI=1S/C27H33FN4O/c1-20(2)32(27(33)26-18-30(3)19-29-26)17-22-9-10-25(28)24(16-22)23-8-6-7-21(15-23)11-14-31-12-4-5-13-31/h6-10,15-16,18-20H,4-5,11-14,17H2,1-3H3. The van der Waals surface area contributed by atoms with Gasteiger partial charge in [-0.1, -0.05) is 30.3 Å². The van der Waals surface area contributed by atoms with Crippen molar-refractivity contribution in [3.8, 4) is 11.1 Å². The molecular formula is C27H33FN4O. The van der Waals surface area contributed by atoms with E-state index in [1.165, 1.54) is 37.6 Å². The van der Waals surface area contributed by atoms with Crippen LogP contribution < -0.4 is 0 Å². The van der Waals surface area contributed by atoms with E-state index in [1.807, 2.05) is 39.1 Å². The van der Waals surface area contributed by atoms with Gasteiger partial charge in [-0.25, -0.2) is 9.37 Å². The number of halogens is 1. The fourth-order valence-electron chi connectivity index (χ4n) is 4.44. The lowest BCUT2D eigenvalue weighted by Gasteiger charge is -2.26. The SMILES string of the molecule is CC(C)N(Cc1ccc(F)c(-c2cccc(CCN3CCCC3)c2)c1)C(=O)c1cn(C)cn1. The van der Waals surface area contributed by atoms with Crippen LogP contribution in [0.15, 0.2) is 55.0 Å². The zero-order valence-corrected chi connectivity index (χ0v) is 19.8. The summed E-state index contributed by atoms with van der Waals surface area (Å²) in [5.41, 5.74) is 3.98. The number of nitrogens with zero attached hydrogens (tertiary/aromatic N) is 4. The molecule has 5 nitrogen and oxygen atoms in total. The molecule has 2 heterocycles. The van der Waals surface area contributed by atoms with Gasteiger partial charge in [0, 0.05) is 37.9 Å². The van der Waals surface area contributed by atoms with Gasteiger partial charge >= 0.3 is 0 Å². The fourth-order valence-corrected chi connectivity index (χ4v) is 4.44. The number of hydrogen-bond donors (Lipinski definition) is 0. The van der Waals surface area contributed by atoms with Crippen molar-refractivity contribution in [3.63, 3.8) is 0 Å². The zero-order valence-electron chi connectivity index (χ0n) is 19.8. The number of aryl methyl sites for hydroxylation is 1. The molecule has 0 N–H and O–H groups in total. The number of carbonyl (C=O) groups excluding carboxylic acids is 1. The molecule has 3 aromatic rings. The Labute approximate surface area is 195 Å². The lowest BCUT2D eigenvalue weighted by atomic mass is 9.99. The van der Waals surface area contributed by atoms with E-state index in [2.05, 4.69) is 22.0 Å². The molecule has 174 valence electrons. The van der Waals surface area contributed by atoms with Gasteiger partial charge in [0.25, 0.3) is 5.91 Å². The molecule has 4 rings (SSSR count). The van der Waals surface area contributed by atoms with Gasteiger partial charge in [0.1, 0.15) is 11.5 Å². The van der Waals surface area contributed by atoms with Gasteiger partial charge < -0.3 is 14.4 Å². The maximum Gasteiger partial charge on any atom is 0.274 e. The van der Waals surface area contributed by atoms with Crippen LogP contribution in [0.4, 0.5) is 4.39 Å². The summed E-state index contributed by atoms with van der Waals surface area (Å²) in [6.45, 7) is 7.77. The van der Waals surface area contributed by atoms with Gasteiger partial charge in [-0.15, -0.1) is 0 Å². The summed E-state index contributed by atoms with van der Waals surface area (Å²) in [4.78, 5) is 21.5. The van der Waals surface area contributed by atoms with Gasteiger partial charge in [0.15, 0.2) is 0 Å². The minimum Gasteiger partial charge on any atom is -0.340 e. The van der Waals surface area contributed by atoms with Crippen LogP contribution in [0.5, 0.6) is 0 Å². The molecule has 0 spiro atoms. The van der Waals surface area contributed by atoms with Gasteiger partial charge in [-0.3, -0.25) is 4.79 Å². The summed E-state index contributed by atoms with van der Waals surface area (Å²) in [5, 5.41) is 0. The van der Waals surface area contributed by atoms with Crippen LogP contribution in [0.2, 0.25) is 0 Å². The molecule has 1 aromatic heterocycles. The molecule has 0 atom stereocenters. The maximum absolute atomic E-state index is 14.8. The first-order chi connectivity index (χ1) is 15.9. The molecule has 1 saturated heterocycles. The minimum absolute atomic E-state index is 0.0121. The lowest BCUT2D eigenvalue weighted by molar-refractivity contribution is 0.0684. The molecule has 0 aliphatic carbocycles. The van der Waals surface area contributed by atoms with E-state index in [-0.39, 0.29) is 17.8 Å². The van der Waals surface area contributed by atoms with Crippen molar-refractivity contribution in [2.75, 3.05) is 19.6 Å². The molecule has 0 unspecified atom stereocenters. The van der Waals surface area contributed by atoms with Crippen LogP contribution in [0, 0.1) is 5.82 Å². The molecule has 6 heteroatoms. The number of likely N-dealkylation sites (tertiary alicyclic amines) is 1. The lowest BCUT2D eigenvalue weighted by Crippen LogP contribution is -2.36. The molecular weight excluding hydrogens is 415 g/mol. The quantitative estimate of drug-likeness (QED) is 0.491.